The molecule has 0 unspecified atom stereocenters. The lowest BCUT2D eigenvalue weighted by Gasteiger charge is -2.15. The molecule has 90 valence electrons. The number of hydrogen-bond acceptors (Lipinski definition) is 4. The predicted octanol–water partition coefficient (Wildman–Crippen LogP) is 2.08. The van der Waals surface area contributed by atoms with E-state index in [9.17, 15) is 4.79 Å². The Morgan fingerprint density at radius 3 is 3.00 bits per heavy atom. The molecule has 1 heterocycles. The van der Waals surface area contributed by atoms with E-state index in [0.717, 1.165) is 10.7 Å². The van der Waals surface area contributed by atoms with E-state index >= 15 is 0 Å². The number of carbonyl (C=O) groups excluding carboxylic acids is 1. The number of amides is 1. The molecule has 0 aliphatic heterocycles. The van der Waals surface area contributed by atoms with Crippen LogP contribution in [0.2, 0.25) is 0 Å². The van der Waals surface area contributed by atoms with Crippen LogP contribution in [0, 0.1) is 24.2 Å². The van der Waals surface area contributed by atoms with Gasteiger partial charge in [-0.25, -0.2) is 4.98 Å². The molecule has 1 aromatic rings. The second-order valence-electron chi connectivity index (χ2n) is 3.87. The molecule has 1 atom stereocenters. The molecule has 0 aromatic carbocycles. The summed E-state index contributed by atoms with van der Waals surface area (Å²) < 4.78 is 0. The first kappa shape index (κ1) is 13.4. The van der Waals surface area contributed by atoms with Crippen LogP contribution in [-0.2, 0) is 4.79 Å². The van der Waals surface area contributed by atoms with Gasteiger partial charge in [0.25, 0.3) is 0 Å². The van der Waals surface area contributed by atoms with Gasteiger partial charge in [-0.05, 0) is 19.9 Å². The van der Waals surface area contributed by atoms with Crippen LogP contribution in [0.25, 0.3) is 6.08 Å². The van der Waals surface area contributed by atoms with Gasteiger partial charge in [-0.2, -0.15) is 5.26 Å². The average Bonchev–Trinajstić information content (AvgIpc) is 2.71. The smallest absolute Gasteiger partial charge is 0.246 e. The third-order valence-electron chi connectivity index (χ3n) is 2.18. The van der Waals surface area contributed by atoms with Crippen molar-refractivity contribution < 1.29 is 4.79 Å². The molecular formula is C12H15N3OS. The number of aromatic nitrogens is 1. The van der Waals surface area contributed by atoms with Crippen molar-refractivity contribution >= 4 is 23.3 Å². The fourth-order valence-corrected chi connectivity index (χ4v) is 1.86. The van der Waals surface area contributed by atoms with Crippen molar-refractivity contribution in [1.82, 2.24) is 9.88 Å². The average molecular weight is 249 g/mol. The highest BCUT2D eigenvalue weighted by molar-refractivity contribution is 7.09. The van der Waals surface area contributed by atoms with Gasteiger partial charge in [-0.1, -0.05) is 0 Å². The van der Waals surface area contributed by atoms with Crippen LogP contribution in [-0.4, -0.2) is 29.4 Å². The Kier molecular flexibility index (Phi) is 4.85. The summed E-state index contributed by atoms with van der Waals surface area (Å²) in [6.45, 7) is 4.15. The van der Waals surface area contributed by atoms with Crippen LogP contribution in [0.3, 0.4) is 0 Å². The van der Waals surface area contributed by atoms with E-state index in [1.165, 1.54) is 11.0 Å². The maximum atomic E-state index is 11.7. The minimum atomic E-state index is -0.154. The molecule has 17 heavy (non-hydrogen) atoms. The zero-order valence-corrected chi connectivity index (χ0v) is 11.0. The zero-order valence-electron chi connectivity index (χ0n) is 10.2. The second kappa shape index (κ2) is 6.16. The number of rotatable bonds is 4. The number of hydrogen-bond donors (Lipinski definition) is 0. The van der Waals surface area contributed by atoms with Crippen molar-refractivity contribution in [1.29, 1.82) is 5.26 Å². The summed E-state index contributed by atoms with van der Waals surface area (Å²) in [5.74, 6) is -0.267. The zero-order chi connectivity index (χ0) is 12.8. The van der Waals surface area contributed by atoms with Crippen LogP contribution in [0.15, 0.2) is 11.5 Å². The Bertz CT molecular complexity index is 459. The normalized spacial score (nSPS) is 12.4. The molecule has 0 aliphatic rings. The molecule has 0 N–H and O–H groups in total. The molecule has 0 radical (unpaired) electrons. The van der Waals surface area contributed by atoms with Crippen molar-refractivity contribution in [2.75, 3.05) is 13.6 Å². The van der Waals surface area contributed by atoms with E-state index in [1.807, 2.05) is 12.3 Å². The summed E-state index contributed by atoms with van der Waals surface area (Å²) in [6, 6.07) is 2.10. The Balaban J connectivity index is 2.54. The lowest BCUT2D eigenvalue weighted by atomic mass is 10.2. The molecule has 0 bridgehead atoms. The van der Waals surface area contributed by atoms with E-state index in [2.05, 4.69) is 11.1 Å². The van der Waals surface area contributed by atoms with Gasteiger partial charge in [0.05, 0.1) is 22.7 Å². The fourth-order valence-electron chi connectivity index (χ4n) is 1.28. The summed E-state index contributed by atoms with van der Waals surface area (Å²) in [6.07, 6.45) is 3.18. The molecule has 1 rings (SSSR count). The van der Waals surface area contributed by atoms with Crippen molar-refractivity contribution in [3.63, 3.8) is 0 Å². The molecule has 5 heteroatoms. The number of aryl methyl sites for hydroxylation is 1. The van der Waals surface area contributed by atoms with Crippen molar-refractivity contribution in [2.45, 2.75) is 13.8 Å². The number of nitriles is 1. The molecule has 1 amide bonds. The van der Waals surface area contributed by atoms with Crippen LogP contribution < -0.4 is 0 Å². The quantitative estimate of drug-likeness (QED) is 0.768. The van der Waals surface area contributed by atoms with Crippen molar-refractivity contribution in [3.05, 3.63) is 22.2 Å². The minimum absolute atomic E-state index is 0.113. The van der Waals surface area contributed by atoms with Crippen LogP contribution in [0.4, 0.5) is 0 Å². The SMILES string of the molecule is Cc1nc(/C=C\C(=O)N(C)C[C@H](C)C#N)cs1. The molecule has 4 nitrogen and oxygen atoms in total. The van der Waals surface area contributed by atoms with Crippen LogP contribution >= 0.6 is 11.3 Å². The summed E-state index contributed by atoms with van der Waals surface area (Å²) in [5, 5.41) is 11.5. The van der Waals surface area contributed by atoms with E-state index < -0.39 is 0 Å². The lowest BCUT2D eigenvalue weighted by molar-refractivity contribution is -0.125. The van der Waals surface area contributed by atoms with E-state index in [1.54, 1.807) is 31.4 Å². The third kappa shape index (κ3) is 4.37. The predicted molar refractivity (Wildman–Crippen MR) is 68.3 cm³/mol. The topological polar surface area (TPSA) is 57.0 Å². The van der Waals surface area contributed by atoms with Gasteiger partial charge in [0.2, 0.25) is 5.91 Å². The van der Waals surface area contributed by atoms with Crippen molar-refractivity contribution in [3.8, 4) is 6.07 Å². The highest BCUT2D eigenvalue weighted by Crippen LogP contribution is 2.09. The Hall–Kier alpha value is -1.67. The van der Waals surface area contributed by atoms with Gasteiger partial charge in [-0.15, -0.1) is 11.3 Å². The maximum Gasteiger partial charge on any atom is 0.246 e. The molecular weight excluding hydrogens is 234 g/mol. The lowest BCUT2D eigenvalue weighted by Crippen LogP contribution is -2.29. The largest absolute Gasteiger partial charge is 0.341 e. The highest BCUT2D eigenvalue weighted by Gasteiger charge is 2.09. The monoisotopic (exact) mass is 249 g/mol. The van der Waals surface area contributed by atoms with Gasteiger partial charge in [0, 0.05) is 25.0 Å². The van der Waals surface area contributed by atoms with Gasteiger partial charge < -0.3 is 4.90 Å². The maximum absolute atomic E-state index is 11.7. The van der Waals surface area contributed by atoms with Crippen LogP contribution in [0.1, 0.15) is 17.6 Å². The second-order valence-corrected chi connectivity index (χ2v) is 4.94. The third-order valence-corrected chi connectivity index (χ3v) is 2.97. The first-order valence-electron chi connectivity index (χ1n) is 5.28. The standard InChI is InChI=1S/C12H15N3OS/c1-9(6-13)7-15(3)12(16)5-4-11-8-17-10(2)14-11/h4-5,8-9H,7H2,1-3H3/b5-4-/t9-/m1/s1. The van der Waals surface area contributed by atoms with Crippen LogP contribution in [0.5, 0.6) is 0 Å². The fraction of sp³-hybridized carbons (Fsp3) is 0.417. The molecule has 0 spiro atoms. The first-order chi connectivity index (χ1) is 8.02. The molecule has 0 aliphatic carbocycles. The molecule has 0 saturated carbocycles. The van der Waals surface area contributed by atoms with Gasteiger partial charge in [0.15, 0.2) is 0 Å². The Morgan fingerprint density at radius 2 is 2.47 bits per heavy atom. The van der Waals surface area contributed by atoms with Crippen molar-refractivity contribution in [2.24, 2.45) is 5.92 Å². The van der Waals surface area contributed by atoms with Gasteiger partial charge >= 0.3 is 0 Å². The van der Waals surface area contributed by atoms with Gasteiger partial charge in [0.1, 0.15) is 0 Å². The summed E-state index contributed by atoms with van der Waals surface area (Å²) in [4.78, 5) is 17.4. The number of likely N-dealkylation sites (N-methyl/N-ethyl adjacent to an activating group) is 1. The Labute approximate surface area is 105 Å². The van der Waals surface area contributed by atoms with E-state index in [0.29, 0.717) is 6.54 Å². The number of carbonyl (C=O) groups is 1. The van der Waals surface area contributed by atoms with E-state index in [-0.39, 0.29) is 11.8 Å². The summed E-state index contributed by atoms with van der Waals surface area (Å²) in [5.41, 5.74) is 0.794. The number of nitrogens with zero attached hydrogens (tertiary/aromatic N) is 3. The highest BCUT2D eigenvalue weighted by atomic mass is 32.1. The molecule has 1 aromatic heterocycles. The summed E-state index contributed by atoms with van der Waals surface area (Å²) >= 11 is 1.55. The summed E-state index contributed by atoms with van der Waals surface area (Å²) in [7, 11) is 1.69. The Morgan fingerprint density at radius 1 is 1.76 bits per heavy atom. The first-order valence-corrected chi connectivity index (χ1v) is 6.16. The number of thiazole rings is 1. The molecule has 0 saturated heterocycles. The van der Waals surface area contributed by atoms with E-state index in [4.69, 9.17) is 5.26 Å². The molecule has 0 fully saturated rings. The minimum Gasteiger partial charge on any atom is -0.341 e. The van der Waals surface area contributed by atoms with Gasteiger partial charge in [-0.3, -0.25) is 4.79 Å².